The van der Waals surface area contributed by atoms with Crippen molar-refractivity contribution in [2.24, 2.45) is 0 Å². The van der Waals surface area contributed by atoms with Gasteiger partial charge in [0.05, 0.1) is 19.1 Å². The van der Waals surface area contributed by atoms with Crippen LogP contribution in [0.1, 0.15) is 49.3 Å². The Balaban J connectivity index is 2.18. The highest BCUT2D eigenvalue weighted by Crippen LogP contribution is 2.48. The lowest BCUT2D eigenvalue weighted by Gasteiger charge is -2.39. The molecule has 2 aromatic carbocycles. The Morgan fingerprint density at radius 2 is 1.62 bits per heavy atom. The number of hydrogen-bond acceptors (Lipinski definition) is 4. The maximum absolute atomic E-state index is 13.1. The van der Waals surface area contributed by atoms with Crippen LogP contribution in [0.3, 0.4) is 0 Å². The summed E-state index contributed by atoms with van der Waals surface area (Å²) in [5, 5.41) is 0. The van der Waals surface area contributed by atoms with Crippen LogP contribution in [0.4, 0.5) is 0 Å². The summed E-state index contributed by atoms with van der Waals surface area (Å²) in [4.78, 5) is 25.6. The average molecular weight is 352 g/mol. The largest absolute Gasteiger partial charge is 0.466 e. The highest BCUT2D eigenvalue weighted by Gasteiger charge is 2.49. The molecule has 0 spiro atoms. The molecule has 2 atom stereocenters. The molecule has 0 bridgehead atoms. The molecule has 136 valence electrons. The molecule has 0 aromatic heterocycles. The Morgan fingerprint density at radius 1 is 0.962 bits per heavy atom. The van der Waals surface area contributed by atoms with Crippen molar-refractivity contribution in [1.29, 1.82) is 0 Å². The molecule has 0 saturated heterocycles. The Kier molecular flexibility index (Phi) is 5.40. The monoisotopic (exact) mass is 352 g/mol. The van der Waals surface area contributed by atoms with E-state index in [0.29, 0.717) is 26.1 Å². The zero-order chi connectivity index (χ0) is 18.6. The summed E-state index contributed by atoms with van der Waals surface area (Å²) in [7, 11) is 0. The molecule has 4 nitrogen and oxygen atoms in total. The molecule has 0 amide bonds. The van der Waals surface area contributed by atoms with Crippen LogP contribution in [0.25, 0.3) is 0 Å². The van der Waals surface area contributed by atoms with Crippen LogP contribution in [0.5, 0.6) is 0 Å². The second-order valence-electron chi connectivity index (χ2n) is 6.42. The normalized spacial score (nSPS) is 21.5. The molecule has 1 aliphatic rings. The Labute approximate surface area is 154 Å². The number of carbonyl (C=O) groups is 2. The Hall–Kier alpha value is -2.62. The van der Waals surface area contributed by atoms with Crippen LogP contribution in [-0.4, -0.2) is 25.2 Å². The third kappa shape index (κ3) is 3.00. The lowest BCUT2D eigenvalue weighted by Crippen LogP contribution is -2.43. The summed E-state index contributed by atoms with van der Waals surface area (Å²) in [5.74, 6) is -0.844. The number of fused-ring (bicyclic) bond motifs is 1. The molecular weight excluding hydrogens is 328 g/mol. The van der Waals surface area contributed by atoms with E-state index in [2.05, 4.69) is 0 Å². The van der Waals surface area contributed by atoms with Gasteiger partial charge in [-0.05, 0) is 43.4 Å². The maximum Gasteiger partial charge on any atom is 0.321 e. The van der Waals surface area contributed by atoms with Crippen molar-refractivity contribution in [1.82, 2.24) is 0 Å². The van der Waals surface area contributed by atoms with Crippen LogP contribution in [-0.2, 0) is 24.5 Å². The molecule has 0 saturated carbocycles. The van der Waals surface area contributed by atoms with Gasteiger partial charge >= 0.3 is 11.9 Å². The van der Waals surface area contributed by atoms with Crippen molar-refractivity contribution in [2.45, 2.75) is 38.0 Å². The van der Waals surface area contributed by atoms with Gasteiger partial charge < -0.3 is 9.47 Å². The molecule has 4 heteroatoms. The first kappa shape index (κ1) is 18.2. The first-order valence-corrected chi connectivity index (χ1v) is 9.14. The molecule has 0 fully saturated rings. The molecular formula is C22H24O4. The van der Waals surface area contributed by atoms with E-state index in [4.69, 9.17) is 9.47 Å². The topological polar surface area (TPSA) is 52.6 Å². The second kappa shape index (κ2) is 7.73. The lowest BCUT2D eigenvalue weighted by molar-refractivity contribution is -0.151. The zero-order valence-electron chi connectivity index (χ0n) is 15.2. The van der Waals surface area contributed by atoms with Crippen LogP contribution in [0.2, 0.25) is 0 Å². The number of hydrogen-bond donors (Lipinski definition) is 0. The lowest BCUT2D eigenvalue weighted by atomic mass is 9.63. The van der Waals surface area contributed by atoms with E-state index in [-0.39, 0.29) is 17.9 Å². The fraction of sp³-hybridized carbons (Fsp3) is 0.364. The maximum atomic E-state index is 13.1. The summed E-state index contributed by atoms with van der Waals surface area (Å²) in [6.07, 6.45) is 1.06. The summed E-state index contributed by atoms with van der Waals surface area (Å²) in [5.41, 5.74) is 1.70. The zero-order valence-corrected chi connectivity index (χ0v) is 15.2. The minimum atomic E-state index is -0.892. The SMILES string of the molecule is CCOC(=O)[C@@H]1CCC(C(=O)OCC)(c2ccccc2)c2ccccc21. The van der Waals surface area contributed by atoms with Gasteiger partial charge in [0.25, 0.3) is 0 Å². The van der Waals surface area contributed by atoms with E-state index in [9.17, 15) is 9.59 Å². The number of ether oxygens (including phenoxy) is 2. The van der Waals surface area contributed by atoms with Gasteiger partial charge in [0.2, 0.25) is 0 Å². The summed E-state index contributed by atoms with van der Waals surface area (Å²) < 4.78 is 10.7. The van der Waals surface area contributed by atoms with Crippen molar-refractivity contribution in [3.63, 3.8) is 0 Å². The summed E-state index contributed by atoms with van der Waals surface area (Å²) >= 11 is 0. The van der Waals surface area contributed by atoms with Gasteiger partial charge in [-0.3, -0.25) is 9.59 Å². The van der Waals surface area contributed by atoms with E-state index in [0.717, 1.165) is 16.7 Å². The molecule has 3 rings (SSSR count). The van der Waals surface area contributed by atoms with Crippen molar-refractivity contribution >= 4 is 11.9 Å². The molecule has 1 unspecified atom stereocenters. The Morgan fingerprint density at radius 3 is 2.31 bits per heavy atom. The molecule has 0 heterocycles. The van der Waals surface area contributed by atoms with Gasteiger partial charge in [-0.25, -0.2) is 0 Å². The van der Waals surface area contributed by atoms with Gasteiger partial charge in [0, 0.05) is 0 Å². The molecule has 0 N–H and O–H groups in total. The van der Waals surface area contributed by atoms with Crippen LogP contribution >= 0.6 is 0 Å². The van der Waals surface area contributed by atoms with Crippen LogP contribution in [0.15, 0.2) is 54.6 Å². The number of benzene rings is 2. The number of rotatable bonds is 5. The quantitative estimate of drug-likeness (QED) is 0.764. The van der Waals surface area contributed by atoms with Gasteiger partial charge in [0.15, 0.2) is 0 Å². The van der Waals surface area contributed by atoms with E-state index >= 15 is 0 Å². The standard InChI is InChI=1S/C22H24O4/c1-3-25-20(23)18-14-15-22(21(24)26-4-2,16-10-6-5-7-11-16)19-13-9-8-12-17(18)19/h5-13,18H,3-4,14-15H2,1-2H3/t18-,22?/m1/s1. The van der Waals surface area contributed by atoms with E-state index < -0.39 is 5.41 Å². The van der Waals surface area contributed by atoms with Crippen molar-refractivity contribution in [3.05, 3.63) is 71.3 Å². The predicted molar refractivity (Wildman–Crippen MR) is 98.9 cm³/mol. The van der Waals surface area contributed by atoms with Crippen molar-refractivity contribution < 1.29 is 19.1 Å². The average Bonchev–Trinajstić information content (AvgIpc) is 2.68. The molecule has 0 aliphatic heterocycles. The first-order chi connectivity index (χ1) is 12.6. The smallest absolute Gasteiger partial charge is 0.321 e. The Bertz CT molecular complexity index is 784. The number of esters is 2. The molecule has 26 heavy (non-hydrogen) atoms. The van der Waals surface area contributed by atoms with Crippen molar-refractivity contribution in [2.75, 3.05) is 13.2 Å². The number of carbonyl (C=O) groups excluding carboxylic acids is 2. The van der Waals surface area contributed by atoms with Gasteiger partial charge in [-0.1, -0.05) is 54.6 Å². The fourth-order valence-electron chi connectivity index (χ4n) is 3.93. The minimum absolute atomic E-state index is 0.231. The van der Waals surface area contributed by atoms with Crippen LogP contribution < -0.4 is 0 Å². The minimum Gasteiger partial charge on any atom is -0.466 e. The molecule has 0 radical (unpaired) electrons. The third-order valence-electron chi connectivity index (χ3n) is 5.07. The van der Waals surface area contributed by atoms with Crippen LogP contribution in [0, 0.1) is 0 Å². The van der Waals surface area contributed by atoms with E-state index in [1.165, 1.54) is 0 Å². The highest BCUT2D eigenvalue weighted by atomic mass is 16.5. The molecule has 2 aromatic rings. The van der Waals surface area contributed by atoms with Gasteiger partial charge in [0.1, 0.15) is 5.41 Å². The second-order valence-corrected chi connectivity index (χ2v) is 6.42. The van der Waals surface area contributed by atoms with E-state index in [1.807, 2.05) is 61.5 Å². The van der Waals surface area contributed by atoms with Crippen molar-refractivity contribution in [3.8, 4) is 0 Å². The first-order valence-electron chi connectivity index (χ1n) is 9.14. The van der Waals surface area contributed by atoms with Gasteiger partial charge in [-0.2, -0.15) is 0 Å². The fourth-order valence-corrected chi connectivity index (χ4v) is 3.93. The van der Waals surface area contributed by atoms with E-state index in [1.54, 1.807) is 6.92 Å². The highest BCUT2D eigenvalue weighted by molar-refractivity contribution is 5.91. The molecule has 1 aliphatic carbocycles. The third-order valence-corrected chi connectivity index (χ3v) is 5.07. The van der Waals surface area contributed by atoms with Gasteiger partial charge in [-0.15, -0.1) is 0 Å². The summed E-state index contributed by atoms with van der Waals surface area (Å²) in [6, 6.07) is 17.4. The predicted octanol–water partition coefficient (Wildman–Crippen LogP) is 3.98. The summed E-state index contributed by atoms with van der Waals surface area (Å²) in [6.45, 7) is 4.28.